The van der Waals surface area contributed by atoms with E-state index in [1.165, 1.54) is 63.4 Å². The second-order valence-corrected chi connectivity index (χ2v) is 7.15. The highest BCUT2D eigenvalue weighted by molar-refractivity contribution is 5.20. The Balaban J connectivity index is 1.59. The molecule has 0 aliphatic heterocycles. The van der Waals surface area contributed by atoms with Gasteiger partial charge in [0.25, 0.3) is 0 Å². The van der Waals surface area contributed by atoms with Crippen LogP contribution in [-0.2, 0) is 0 Å². The van der Waals surface area contributed by atoms with Crippen molar-refractivity contribution < 1.29 is 0 Å². The van der Waals surface area contributed by atoms with E-state index in [1.54, 1.807) is 0 Å². The average Bonchev–Trinajstić information content (AvgIpc) is 2.57. The highest BCUT2D eigenvalue weighted by Gasteiger charge is 2.36. The predicted octanol–water partition coefficient (Wildman–Crippen LogP) is 3.96. The van der Waals surface area contributed by atoms with E-state index in [0.717, 1.165) is 18.5 Å². The van der Waals surface area contributed by atoms with Crippen molar-refractivity contribution in [1.29, 1.82) is 0 Å². The molecule has 0 bridgehead atoms. The first kappa shape index (κ1) is 15.1. The summed E-state index contributed by atoms with van der Waals surface area (Å²) < 4.78 is 0. The van der Waals surface area contributed by atoms with Gasteiger partial charge in [-0.2, -0.15) is 0 Å². The van der Waals surface area contributed by atoms with E-state index in [2.05, 4.69) is 35.6 Å². The number of nitrogens with two attached hydrogens (primary N) is 1. The molecule has 2 fully saturated rings. The topological polar surface area (TPSA) is 38.0 Å². The summed E-state index contributed by atoms with van der Waals surface area (Å²) in [5.41, 5.74) is 7.91. The minimum atomic E-state index is 0.216. The summed E-state index contributed by atoms with van der Waals surface area (Å²) in [6.07, 6.45) is 11.9. The smallest absolute Gasteiger partial charge is 0.0306 e. The molecule has 1 aromatic rings. The fourth-order valence-corrected chi connectivity index (χ4v) is 4.32. The Labute approximate surface area is 129 Å². The van der Waals surface area contributed by atoms with E-state index >= 15 is 0 Å². The third kappa shape index (κ3) is 3.67. The van der Waals surface area contributed by atoms with Crippen LogP contribution in [0.3, 0.4) is 0 Å². The minimum Gasteiger partial charge on any atom is -0.329 e. The van der Waals surface area contributed by atoms with Gasteiger partial charge in [0.05, 0.1) is 0 Å². The lowest BCUT2D eigenvalue weighted by atomic mass is 9.73. The van der Waals surface area contributed by atoms with Gasteiger partial charge < -0.3 is 11.1 Å². The molecular formula is C19H30N2. The van der Waals surface area contributed by atoms with Crippen LogP contribution in [0.25, 0.3) is 0 Å². The molecule has 21 heavy (non-hydrogen) atoms. The second kappa shape index (κ2) is 6.93. The van der Waals surface area contributed by atoms with E-state index in [0.29, 0.717) is 0 Å². The van der Waals surface area contributed by atoms with Crippen LogP contribution in [0, 0.1) is 0 Å². The summed E-state index contributed by atoms with van der Waals surface area (Å²) in [7, 11) is 0. The molecule has 0 amide bonds. The van der Waals surface area contributed by atoms with E-state index < -0.39 is 0 Å². The molecule has 2 heteroatoms. The van der Waals surface area contributed by atoms with Crippen LogP contribution in [0.2, 0.25) is 0 Å². The first-order valence-electron chi connectivity index (χ1n) is 8.84. The molecule has 0 radical (unpaired) electrons. The van der Waals surface area contributed by atoms with Crippen molar-refractivity contribution in [2.24, 2.45) is 5.73 Å². The summed E-state index contributed by atoms with van der Waals surface area (Å²) >= 11 is 0. The Morgan fingerprint density at radius 3 is 2.24 bits per heavy atom. The van der Waals surface area contributed by atoms with Crippen LogP contribution < -0.4 is 11.1 Å². The highest BCUT2D eigenvalue weighted by Crippen LogP contribution is 2.38. The Morgan fingerprint density at radius 1 is 0.952 bits per heavy atom. The van der Waals surface area contributed by atoms with Crippen LogP contribution in [0.5, 0.6) is 0 Å². The zero-order valence-corrected chi connectivity index (χ0v) is 13.2. The fraction of sp³-hybridized carbons (Fsp3) is 0.684. The zero-order chi connectivity index (χ0) is 14.5. The Kier molecular flexibility index (Phi) is 4.97. The molecular weight excluding hydrogens is 256 g/mol. The molecule has 3 N–H and O–H groups in total. The van der Waals surface area contributed by atoms with Crippen LogP contribution >= 0.6 is 0 Å². The van der Waals surface area contributed by atoms with Crippen LogP contribution in [0.1, 0.15) is 69.3 Å². The molecule has 0 aromatic heterocycles. The first-order chi connectivity index (χ1) is 10.3. The molecule has 2 aliphatic carbocycles. The van der Waals surface area contributed by atoms with E-state index in [4.69, 9.17) is 5.73 Å². The number of rotatable bonds is 4. The molecule has 116 valence electrons. The van der Waals surface area contributed by atoms with Gasteiger partial charge in [-0.1, -0.05) is 49.6 Å². The van der Waals surface area contributed by atoms with Crippen molar-refractivity contribution in [3.63, 3.8) is 0 Å². The summed E-state index contributed by atoms with van der Waals surface area (Å²) in [6.45, 7) is 0.797. The van der Waals surface area contributed by atoms with Gasteiger partial charge in [0, 0.05) is 18.1 Å². The zero-order valence-electron chi connectivity index (χ0n) is 13.2. The van der Waals surface area contributed by atoms with Gasteiger partial charge in [0.1, 0.15) is 0 Å². The van der Waals surface area contributed by atoms with Gasteiger partial charge in [-0.3, -0.25) is 0 Å². The number of hydrogen-bond acceptors (Lipinski definition) is 2. The lowest BCUT2D eigenvalue weighted by molar-refractivity contribution is 0.182. The van der Waals surface area contributed by atoms with Crippen molar-refractivity contribution in [2.45, 2.75) is 75.3 Å². The Hall–Kier alpha value is -0.860. The number of benzene rings is 1. The highest BCUT2D eigenvalue weighted by atomic mass is 15.0. The van der Waals surface area contributed by atoms with Crippen LogP contribution in [0.4, 0.5) is 0 Å². The summed E-state index contributed by atoms with van der Waals surface area (Å²) in [5.74, 6) is 0.735. The maximum Gasteiger partial charge on any atom is 0.0306 e. The normalized spacial score (nSPS) is 31.2. The molecule has 2 aliphatic rings. The van der Waals surface area contributed by atoms with Crippen LogP contribution in [-0.4, -0.2) is 18.1 Å². The maximum absolute atomic E-state index is 6.18. The molecule has 2 nitrogen and oxygen atoms in total. The third-order valence-electron chi connectivity index (χ3n) is 5.72. The molecule has 0 atom stereocenters. The second-order valence-electron chi connectivity index (χ2n) is 7.15. The molecule has 0 heterocycles. The SMILES string of the molecule is NCC1(NC2CCCCC2)CCC(c2ccccc2)CC1. The van der Waals surface area contributed by atoms with Gasteiger partial charge in [-0.05, 0) is 50.0 Å². The first-order valence-corrected chi connectivity index (χ1v) is 8.84. The Bertz CT molecular complexity index is 414. The largest absolute Gasteiger partial charge is 0.329 e. The Morgan fingerprint density at radius 2 is 1.62 bits per heavy atom. The molecule has 0 spiro atoms. The van der Waals surface area contributed by atoms with E-state index in [1.807, 2.05) is 0 Å². The van der Waals surface area contributed by atoms with Crippen molar-refractivity contribution in [2.75, 3.05) is 6.54 Å². The maximum atomic E-state index is 6.18. The lowest BCUT2D eigenvalue weighted by Crippen LogP contribution is -2.57. The van der Waals surface area contributed by atoms with Gasteiger partial charge in [-0.15, -0.1) is 0 Å². The van der Waals surface area contributed by atoms with Gasteiger partial charge in [0.15, 0.2) is 0 Å². The monoisotopic (exact) mass is 286 g/mol. The van der Waals surface area contributed by atoms with E-state index in [-0.39, 0.29) is 5.54 Å². The molecule has 3 rings (SSSR count). The molecule has 0 unspecified atom stereocenters. The van der Waals surface area contributed by atoms with E-state index in [9.17, 15) is 0 Å². The standard InChI is InChI=1S/C19H30N2/c20-15-19(21-18-9-5-2-6-10-18)13-11-17(12-14-19)16-7-3-1-4-8-16/h1,3-4,7-8,17-18,21H,2,5-6,9-15,20H2. The lowest BCUT2D eigenvalue weighted by Gasteiger charge is -2.43. The van der Waals surface area contributed by atoms with Gasteiger partial charge in [0.2, 0.25) is 0 Å². The van der Waals surface area contributed by atoms with Crippen molar-refractivity contribution >= 4 is 0 Å². The van der Waals surface area contributed by atoms with Crippen molar-refractivity contribution in [3.8, 4) is 0 Å². The number of hydrogen-bond donors (Lipinski definition) is 2. The quantitative estimate of drug-likeness (QED) is 0.879. The van der Waals surface area contributed by atoms with Crippen molar-refractivity contribution in [1.82, 2.24) is 5.32 Å². The molecule has 2 saturated carbocycles. The predicted molar refractivity (Wildman–Crippen MR) is 89.4 cm³/mol. The molecule has 1 aromatic carbocycles. The minimum absolute atomic E-state index is 0.216. The summed E-state index contributed by atoms with van der Waals surface area (Å²) in [5, 5.41) is 3.97. The average molecular weight is 286 g/mol. The van der Waals surface area contributed by atoms with Gasteiger partial charge >= 0.3 is 0 Å². The number of nitrogens with one attached hydrogen (secondary N) is 1. The molecule has 0 saturated heterocycles. The van der Waals surface area contributed by atoms with Crippen LogP contribution in [0.15, 0.2) is 30.3 Å². The van der Waals surface area contributed by atoms with Crippen molar-refractivity contribution in [3.05, 3.63) is 35.9 Å². The van der Waals surface area contributed by atoms with Gasteiger partial charge in [-0.25, -0.2) is 0 Å². The summed E-state index contributed by atoms with van der Waals surface area (Å²) in [6, 6.07) is 11.7. The fourth-order valence-electron chi connectivity index (χ4n) is 4.32. The third-order valence-corrected chi connectivity index (χ3v) is 5.72. The summed E-state index contributed by atoms with van der Waals surface area (Å²) in [4.78, 5) is 0.